The first-order valence-electron chi connectivity index (χ1n) is 18.4. The molecule has 0 saturated heterocycles. The minimum absolute atomic E-state index is 0. The number of nitrogens with one attached hydrogen (secondary N) is 3. The van der Waals surface area contributed by atoms with E-state index in [4.69, 9.17) is 0 Å². The molecule has 0 aliphatic carbocycles. The summed E-state index contributed by atoms with van der Waals surface area (Å²) < 4.78 is 4.31. The molecule has 298 valence electrons. The van der Waals surface area contributed by atoms with Crippen molar-refractivity contribution < 1.29 is 53.1 Å². The third-order valence-electron chi connectivity index (χ3n) is 8.24. The van der Waals surface area contributed by atoms with Gasteiger partial charge in [-0.2, -0.15) is 9.13 Å². The Hall–Kier alpha value is -4.42. The van der Waals surface area contributed by atoms with E-state index in [0.29, 0.717) is 31.6 Å². The van der Waals surface area contributed by atoms with Crippen molar-refractivity contribution in [3.63, 3.8) is 0 Å². The summed E-state index contributed by atoms with van der Waals surface area (Å²) in [5, 5.41) is 8.58. The lowest BCUT2D eigenvalue weighted by Crippen LogP contribution is -3.00. The SMILES string of the molecule is CC(=O)Nc1ccc(/C=C/c2cccc[n+]2CCCC(=O)CCCSSCCNC(=O)CCC[n+]2ccccc2/C=C/c2ccc(NC(C)=O)cc2)cc1.[Cl-].[Cl-]. The summed E-state index contributed by atoms with van der Waals surface area (Å²) in [6.07, 6.45) is 16.3. The maximum absolute atomic E-state index is 12.5. The number of ketones is 1. The third kappa shape index (κ3) is 18.9. The molecule has 0 aliphatic rings. The Morgan fingerprint density at radius 2 is 1.04 bits per heavy atom. The molecule has 2 aromatic carbocycles. The summed E-state index contributed by atoms with van der Waals surface area (Å²) in [5.74, 6) is 1.91. The van der Waals surface area contributed by atoms with Gasteiger partial charge in [0, 0.05) is 112 Å². The first kappa shape index (κ1) is 47.7. The number of carbonyl (C=O) groups is 4. The first-order valence-corrected chi connectivity index (χ1v) is 20.9. The number of benzene rings is 2. The van der Waals surface area contributed by atoms with Gasteiger partial charge in [0.1, 0.15) is 18.9 Å². The van der Waals surface area contributed by atoms with Crippen molar-refractivity contribution in [1.82, 2.24) is 5.32 Å². The van der Waals surface area contributed by atoms with Crippen LogP contribution in [0.15, 0.2) is 97.3 Å². The summed E-state index contributed by atoms with van der Waals surface area (Å²) in [4.78, 5) is 47.4. The Labute approximate surface area is 351 Å². The number of Topliss-reactive ketones (excluding diaryl/α,β-unsaturated/α-hetero) is 1. The highest BCUT2D eigenvalue weighted by Gasteiger charge is 2.11. The van der Waals surface area contributed by atoms with Crippen molar-refractivity contribution >= 4 is 80.8 Å². The minimum Gasteiger partial charge on any atom is -1.00 e. The van der Waals surface area contributed by atoms with Crippen molar-refractivity contribution in [1.29, 1.82) is 0 Å². The molecule has 4 rings (SSSR count). The van der Waals surface area contributed by atoms with Gasteiger partial charge < -0.3 is 40.8 Å². The number of anilines is 2. The number of rotatable bonds is 22. The Bertz CT molecular complexity index is 1750. The van der Waals surface area contributed by atoms with Crippen molar-refractivity contribution in [3.8, 4) is 0 Å². The Morgan fingerprint density at radius 3 is 1.54 bits per heavy atom. The number of amides is 3. The van der Waals surface area contributed by atoms with E-state index < -0.39 is 0 Å². The van der Waals surface area contributed by atoms with Crippen molar-refractivity contribution in [2.45, 2.75) is 65.5 Å². The van der Waals surface area contributed by atoms with Crippen LogP contribution < -0.4 is 49.9 Å². The molecular formula is C43H51Cl2N5O4S2. The number of hydrogen-bond acceptors (Lipinski definition) is 6. The van der Waals surface area contributed by atoms with Gasteiger partial charge >= 0.3 is 0 Å². The molecule has 4 aromatic rings. The smallest absolute Gasteiger partial charge is 0.221 e. The summed E-state index contributed by atoms with van der Waals surface area (Å²) >= 11 is 0. The van der Waals surface area contributed by atoms with E-state index in [-0.39, 0.29) is 42.5 Å². The van der Waals surface area contributed by atoms with E-state index in [1.807, 2.05) is 103 Å². The standard InChI is InChI=1S/C43H49N5O4S2.2ClH/c1-34(49)45-38-21-15-36(16-22-38)19-25-40-10-3-5-28-47(40)30-7-12-42(51)13-9-32-53-54-33-27-44-43(52)14-8-31-48-29-6-4-11-41(48)26-20-37-17-23-39(24-18-37)46-35(2)50;;/h3-6,10-11,15-26,28-29H,7-9,12-14,27,30-33H2,1-2H3,(H,44,52);2*1H. The van der Waals surface area contributed by atoms with Crippen LogP contribution in [0.2, 0.25) is 0 Å². The lowest BCUT2D eigenvalue weighted by atomic mass is 10.1. The third-order valence-corrected chi connectivity index (χ3v) is 10.7. The molecule has 0 spiro atoms. The van der Waals surface area contributed by atoms with Crippen LogP contribution in [0.3, 0.4) is 0 Å². The molecule has 2 aromatic heterocycles. The molecule has 3 N–H and O–H groups in total. The maximum atomic E-state index is 12.5. The quantitative estimate of drug-likeness (QED) is 0.0632. The van der Waals surface area contributed by atoms with Crippen molar-refractivity contribution in [2.24, 2.45) is 0 Å². The molecule has 0 radical (unpaired) electrons. The first-order chi connectivity index (χ1) is 26.2. The van der Waals surface area contributed by atoms with Gasteiger partial charge in [-0.05, 0) is 66.1 Å². The van der Waals surface area contributed by atoms with E-state index in [9.17, 15) is 19.2 Å². The Morgan fingerprint density at radius 1 is 0.571 bits per heavy atom. The molecule has 0 fully saturated rings. The second-order valence-electron chi connectivity index (χ2n) is 12.8. The number of aryl methyl sites for hydroxylation is 2. The molecule has 0 unspecified atom stereocenters. The van der Waals surface area contributed by atoms with Crippen LogP contribution in [0.1, 0.15) is 74.9 Å². The molecule has 56 heavy (non-hydrogen) atoms. The molecule has 3 amide bonds. The number of aromatic nitrogens is 2. The molecule has 0 bridgehead atoms. The zero-order valence-electron chi connectivity index (χ0n) is 31.9. The average Bonchev–Trinajstić information content (AvgIpc) is 3.16. The van der Waals surface area contributed by atoms with Gasteiger partial charge in [-0.15, -0.1) is 0 Å². The minimum atomic E-state index is -0.0930. The van der Waals surface area contributed by atoms with Gasteiger partial charge in [-0.25, -0.2) is 0 Å². The van der Waals surface area contributed by atoms with Gasteiger partial charge in [0.15, 0.2) is 12.4 Å². The Kier molecular flexibility index (Phi) is 23.2. The normalized spacial score (nSPS) is 10.8. The zero-order chi connectivity index (χ0) is 38.4. The van der Waals surface area contributed by atoms with Crippen LogP contribution >= 0.6 is 21.6 Å². The molecule has 13 heteroatoms. The second-order valence-corrected chi connectivity index (χ2v) is 15.5. The highest BCUT2D eigenvalue weighted by atomic mass is 35.5. The topological polar surface area (TPSA) is 112 Å². The van der Waals surface area contributed by atoms with Crippen molar-refractivity contribution in [3.05, 3.63) is 120 Å². The van der Waals surface area contributed by atoms with Gasteiger partial charge in [0.2, 0.25) is 29.1 Å². The molecular weight excluding hydrogens is 786 g/mol. The number of carbonyl (C=O) groups excluding carboxylic acids is 4. The fourth-order valence-corrected chi connectivity index (χ4v) is 7.56. The lowest BCUT2D eigenvalue weighted by molar-refractivity contribution is -0.699. The molecule has 9 nitrogen and oxygen atoms in total. The number of pyridine rings is 2. The van der Waals surface area contributed by atoms with Gasteiger partial charge in [-0.1, -0.05) is 45.9 Å². The van der Waals surface area contributed by atoms with E-state index in [1.165, 1.54) is 13.8 Å². The van der Waals surface area contributed by atoms with Crippen LogP contribution in [0.25, 0.3) is 24.3 Å². The average molecular weight is 837 g/mol. The number of hydrogen-bond donors (Lipinski definition) is 3. The van der Waals surface area contributed by atoms with Crippen molar-refractivity contribution in [2.75, 3.05) is 28.7 Å². The van der Waals surface area contributed by atoms with Crippen LogP contribution in [0, 0.1) is 0 Å². The molecule has 2 heterocycles. The van der Waals surface area contributed by atoms with Crippen LogP contribution in [-0.2, 0) is 32.3 Å². The van der Waals surface area contributed by atoms with Crippen LogP contribution in [0.4, 0.5) is 11.4 Å². The zero-order valence-corrected chi connectivity index (χ0v) is 35.1. The van der Waals surface area contributed by atoms with Crippen LogP contribution in [0.5, 0.6) is 0 Å². The second kappa shape index (κ2) is 27.2. The highest BCUT2D eigenvalue weighted by Crippen LogP contribution is 2.22. The van der Waals surface area contributed by atoms with Crippen LogP contribution in [-0.4, -0.2) is 41.6 Å². The maximum Gasteiger partial charge on any atom is 0.221 e. The van der Waals surface area contributed by atoms with E-state index in [0.717, 1.165) is 77.7 Å². The fraction of sp³-hybridized carbons (Fsp3) is 0.302. The van der Waals surface area contributed by atoms with E-state index >= 15 is 0 Å². The largest absolute Gasteiger partial charge is 1.00 e. The van der Waals surface area contributed by atoms with E-state index in [1.54, 1.807) is 21.6 Å². The Balaban J connectivity index is 0.00000541. The molecule has 0 aliphatic heterocycles. The monoisotopic (exact) mass is 835 g/mol. The number of halogens is 2. The molecule has 0 saturated carbocycles. The predicted octanol–water partition coefficient (Wildman–Crippen LogP) is 1.63. The van der Waals surface area contributed by atoms with Gasteiger partial charge in [-0.3, -0.25) is 19.2 Å². The highest BCUT2D eigenvalue weighted by molar-refractivity contribution is 8.76. The van der Waals surface area contributed by atoms with E-state index in [2.05, 4.69) is 43.3 Å². The van der Waals surface area contributed by atoms with Gasteiger partial charge in [0.25, 0.3) is 0 Å². The fourth-order valence-electron chi connectivity index (χ4n) is 5.56. The lowest BCUT2D eigenvalue weighted by Gasteiger charge is -2.05. The number of nitrogens with zero attached hydrogens (tertiary/aromatic N) is 2. The molecule has 0 atom stereocenters. The summed E-state index contributed by atoms with van der Waals surface area (Å²) in [5.41, 5.74) is 5.72. The summed E-state index contributed by atoms with van der Waals surface area (Å²) in [6.45, 7) is 5.12. The van der Waals surface area contributed by atoms with Gasteiger partial charge in [0.05, 0.1) is 0 Å². The predicted molar refractivity (Wildman–Crippen MR) is 223 cm³/mol. The summed E-state index contributed by atoms with van der Waals surface area (Å²) in [7, 11) is 3.49. The summed E-state index contributed by atoms with van der Waals surface area (Å²) in [6, 6.07) is 27.5.